The zero-order chi connectivity index (χ0) is 15.5. The van der Waals surface area contributed by atoms with Crippen LogP contribution in [0.25, 0.3) is 10.7 Å². The molecule has 22 heavy (non-hydrogen) atoms. The molecule has 0 saturated heterocycles. The second kappa shape index (κ2) is 6.11. The van der Waals surface area contributed by atoms with Crippen molar-refractivity contribution in [3.8, 4) is 10.7 Å². The molecule has 3 aromatic rings. The molecule has 2 heterocycles. The molecule has 3 rings (SSSR count). The fourth-order valence-electron chi connectivity index (χ4n) is 1.90. The minimum atomic E-state index is -0.404. The maximum absolute atomic E-state index is 12.0. The second-order valence-corrected chi connectivity index (χ2v) is 5.81. The fourth-order valence-corrected chi connectivity index (χ4v) is 2.55. The number of aryl methyl sites for hydroxylation is 2. The minimum absolute atomic E-state index is 0.0376. The molecule has 0 atom stereocenters. The Hall–Kier alpha value is -2.47. The van der Waals surface area contributed by atoms with Gasteiger partial charge in [0.1, 0.15) is 0 Å². The van der Waals surface area contributed by atoms with Crippen molar-refractivity contribution in [2.45, 2.75) is 20.5 Å². The number of hydrogen-bond acceptors (Lipinski definition) is 6. The Morgan fingerprint density at radius 2 is 2.14 bits per heavy atom. The average molecular weight is 314 g/mol. The van der Waals surface area contributed by atoms with E-state index in [0.717, 1.165) is 16.0 Å². The van der Waals surface area contributed by atoms with Crippen molar-refractivity contribution in [3.05, 3.63) is 58.3 Å². The van der Waals surface area contributed by atoms with E-state index in [0.29, 0.717) is 11.4 Å². The van der Waals surface area contributed by atoms with E-state index >= 15 is 0 Å². The summed E-state index contributed by atoms with van der Waals surface area (Å²) < 4.78 is 10.3. The van der Waals surface area contributed by atoms with Gasteiger partial charge in [-0.3, -0.25) is 0 Å². The Labute approximate surface area is 131 Å². The van der Waals surface area contributed by atoms with Crippen LogP contribution in [0.3, 0.4) is 0 Å². The highest BCUT2D eigenvalue weighted by Crippen LogP contribution is 2.21. The van der Waals surface area contributed by atoms with E-state index < -0.39 is 5.97 Å². The standard InChI is InChI=1S/C16H14N2O3S/c1-10-5-6-12(8-11(10)2)16(19)20-9-14-17-15(18-21-14)13-4-3-7-22-13/h3-8H,9H2,1-2H3. The zero-order valence-electron chi connectivity index (χ0n) is 12.2. The van der Waals surface area contributed by atoms with E-state index in [1.54, 1.807) is 6.07 Å². The van der Waals surface area contributed by atoms with Gasteiger partial charge in [0.05, 0.1) is 10.4 Å². The van der Waals surface area contributed by atoms with Crippen LogP contribution in [-0.4, -0.2) is 16.1 Å². The lowest BCUT2D eigenvalue weighted by atomic mass is 10.1. The number of carbonyl (C=O) groups is 1. The molecule has 0 bridgehead atoms. The van der Waals surface area contributed by atoms with Crippen molar-refractivity contribution >= 4 is 17.3 Å². The Morgan fingerprint density at radius 3 is 2.86 bits per heavy atom. The SMILES string of the molecule is Cc1ccc(C(=O)OCc2nc(-c3cccs3)no2)cc1C. The summed E-state index contributed by atoms with van der Waals surface area (Å²) in [6.07, 6.45) is 0. The molecule has 0 spiro atoms. The molecule has 0 fully saturated rings. The van der Waals surface area contributed by atoms with E-state index in [1.165, 1.54) is 11.3 Å². The molecular formula is C16H14N2O3S. The van der Waals surface area contributed by atoms with Crippen molar-refractivity contribution in [2.24, 2.45) is 0 Å². The van der Waals surface area contributed by atoms with Gasteiger partial charge in [-0.25, -0.2) is 4.79 Å². The lowest BCUT2D eigenvalue weighted by Gasteiger charge is -2.04. The Balaban J connectivity index is 1.65. The molecule has 0 N–H and O–H groups in total. The smallest absolute Gasteiger partial charge is 0.338 e. The number of benzene rings is 1. The van der Waals surface area contributed by atoms with Gasteiger partial charge in [0.15, 0.2) is 6.61 Å². The van der Waals surface area contributed by atoms with E-state index in [-0.39, 0.29) is 12.5 Å². The molecule has 5 nitrogen and oxygen atoms in total. The van der Waals surface area contributed by atoms with Crippen molar-refractivity contribution < 1.29 is 14.1 Å². The summed E-state index contributed by atoms with van der Waals surface area (Å²) in [5.41, 5.74) is 2.70. The lowest BCUT2D eigenvalue weighted by molar-refractivity contribution is 0.0429. The summed E-state index contributed by atoms with van der Waals surface area (Å²) in [4.78, 5) is 17.1. The van der Waals surface area contributed by atoms with Crippen molar-refractivity contribution in [1.82, 2.24) is 10.1 Å². The fraction of sp³-hybridized carbons (Fsp3) is 0.188. The van der Waals surface area contributed by atoms with Crippen LogP contribution in [0.1, 0.15) is 27.4 Å². The third kappa shape index (κ3) is 3.07. The third-order valence-corrected chi connectivity index (χ3v) is 4.14. The van der Waals surface area contributed by atoms with Gasteiger partial charge in [0.2, 0.25) is 5.82 Å². The topological polar surface area (TPSA) is 65.2 Å². The van der Waals surface area contributed by atoms with Crippen LogP contribution in [0, 0.1) is 13.8 Å². The maximum atomic E-state index is 12.0. The van der Waals surface area contributed by atoms with E-state index in [1.807, 2.05) is 43.5 Å². The van der Waals surface area contributed by atoms with E-state index in [2.05, 4.69) is 10.1 Å². The highest BCUT2D eigenvalue weighted by atomic mass is 32.1. The molecule has 6 heteroatoms. The van der Waals surface area contributed by atoms with Crippen LogP contribution in [-0.2, 0) is 11.3 Å². The summed E-state index contributed by atoms with van der Waals surface area (Å²) in [6, 6.07) is 9.27. The number of nitrogens with zero attached hydrogens (tertiary/aromatic N) is 2. The summed E-state index contributed by atoms with van der Waals surface area (Å²) in [6.45, 7) is 3.91. The van der Waals surface area contributed by atoms with Gasteiger partial charge in [0.25, 0.3) is 5.89 Å². The van der Waals surface area contributed by atoms with Crippen molar-refractivity contribution in [3.63, 3.8) is 0 Å². The van der Waals surface area contributed by atoms with Crippen LogP contribution in [0.5, 0.6) is 0 Å². The van der Waals surface area contributed by atoms with Gasteiger partial charge in [-0.15, -0.1) is 11.3 Å². The number of aromatic nitrogens is 2. The van der Waals surface area contributed by atoms with E-state index in [4.69, 9.17) is 9.26 Å². The maximum Gasteiger partial charge on any atom is 0.338 e. The quantitative estimate of drug-likeness (QED) is 0.686. The summed E-state index contributed by atoms with van der Waals surface area (Å²) >= 11 is 1.52. The highest BCUT2D eigenvalue weighted by molar-refractivity contribution is 7.13. The number of thiophene rings is 1. The monoisotopic (exact) mass is 314 g/mol. The molecule has 0 amide bonds. The predicted octanol–water partition coefficient (Wildman–Crippen LogP) is 3.77. The normalized spacial score (nSPS) is 10.6. The first-order valence-corrected chi connectivity index (χ1v) is 7.62. The van der Waals surface area contributed by atoms with Crippen LogP contribution >= 0.6 is 11.3 Å². The van der Waals surface area contributed by atoms with Crippen molar-refractivity contribution in [1.29, 1.82) is 0 Å². The molecule has 1 aromatic carbocycles. The van der Waals surface area contributed by atoms with Crippen LogP contribution < -0.4 is 0 Å². The Bertz CT molecular complexity index is 794. The molecule has 112 valence electrons. The largest absolute Gasteiger partial charge is 0.452 e. The first-order chi connectivity index (χ1) is 10.6. The number of carbonyl (C=O) groups excluding carboxylic acids is 1. The molecule has 0 saturated carbocycles. The van der Waals surface area contributed by atoms with Crippen LogP contribution in [0.4, 0.5) is 0 Å². The zero-order valence-corrected chi connectivity index (χ0v) is 13.0. The van der Waals surface area contributed by atoms with Gasteiger partial charge >= 0.3 is 5.97 Å². The van der Waals surface area contributed by atoms with Crippen molar-refractivity contribution in [2.75, 3.05) is 0 Å². The molecule has 0 aliphatic heterocycles. The molecule has 0 radical (unpaired) electrons. The summed E-state index contributed by atoms with van der Waals surface area (Å²) in [5.74, 6) is 0.381. The van der Waals surface area contributed by atoms with Crippen LogP contribution in [0.2, 0.25) is 0 Å². The predicted molar refractivity (Wildman–Crippen MR) is 82.6 cm³/mol. The lowest BCUT2D eigenvalue weighted by Crippen LogP contribution is -2.06. The number of rotatable bonds is 4. The van der Waals surface area contributed by atoms with Gasteiger partial charge in [-0.1, -0.05) is 17.3 Å². The minimum Gasteiger partial charge on any atom is -0.452 e. The molecule has 0 aliphatic rings. The molecule has 2 aromatic heterocycles. The first-order valence-electron chi connectivity index (χ1n) is 6.74. The number of ether oxygens (including phenoxy) is 1. The highest BCUT2D eigenvalue weighted by Gasteiger charge is 2.13. The average Bonchev–Trinajstić information content (AvgIpc) is 3.18. The summed E-state index contributed by atoms with van der Waals surface area (Å²) in [7, 11) is 0. The molecule has 0 aliphatic carbocycles. The molecular weight excluding hydrogens is 300 g/mol. The Kier molecular flexibility index (Phi) is 4.02. The van der Waals surface area contributed by atoms with Gasteiger partial charge in [-0.2, -0.15) is 4.98 Å². The number of hydrogen-bond donors (Lipinski definition) is 0. The van der Waals surface area contributed by atoms with Gasteiger partial charge in [-0.05, 0) is 48.6 Å². The van der Waals surface area contributed by atoms with Gasteiger partial charge < -0.3 is 9.26 Å². The summed E-state index contributed by atoms with van der Waals surface area (Å²) in [5, 5.41) is 5.80. The second-order valence-electron chi connectivity index (χ2n) is 4.86. The number of esters is 1. The molecule has 0 unspecified atom stereocenters. The van der Waals surface area contributed by atoms with Gasteiger partial charge in [0, 0.05) is 0 Å². The first kappa shape index (κ1) is 14.5. The van der Waals surface area contributed by atoms with Crippen LogP contribution in [0.15, 0.2) is 40.2 Å². The Morgan fingerprint density at radius 1 is 1.27 bits per heavy atom. The van der Waals surface area contributed by atoms with E-state index in [9.17, 15) is 4.79 Å². The third-order valence-electron chi connectivity index (χ3n) is 3.28.